The van der Waals surface area contributed by atoms with E-state index in [2.05, 4.69) is 0 Å². The second kappa shape index (κ2) is 6.44. The van der Waals surface area contributed by atoms with Gasteiger partial charge in [0.2, 0.25) is 0 Å². The molecule has 1 heterocycles. The first-order chi connectivity index (χ1) is 8.97. The van der Waals surface area contributed by atoms with Crippen molar-refractivity contribution in [2.24, 2.45) is 17.8 Å². The zero-order valence-electron chi connectivity index (χ0n) is 11.2. The number of ether oxygens (including phenoxy) is 1. The standard InChI is InChI=1S/C14H23F3O2/c15-14(16,17)12-3-1-2-11(9-12)13(18)8-10-4-6-19-7-5-10/h10-13,18H,1-9H2. The molecular weight excluding hydrogens is 257 g/mol. The molecule has 3 atom stereocenters. The van der Waals surface area contributed by atoms with Crippen LogP contribution in [0.4, 0.5) is 13.2 Å². The summed E-state index contributed by atoms with van der Waals surface area (Å²) >= 11 is 0. The van der Waals surface area contributed by atoms with Gasteiger partial charge in [-0.05, 0) is 50.4 Å². The SMILES string of the molecule is OC(CC1CCOCC1)C1CCCC(C(F)(F)F)C1. The van der Waals surface area contributed by atoms with Crippen LogP contribution in [0.1, 0.15) is 44.9 Å². The van der Waals surface area contributed by atoms with Gasteiger partial charge in [0.1, 0.15) is 0 Å². The number of aliphatic hydroxyl groups excluding tert-OH is 1. The van der Waals surface area contributed by atoms with Crippen molar-refractivity contribution in [1.82, 2.24) is 0 Å². The van der Waals surface area contributed by atoms with Crippen molar-refractivity contribution in [2.75, 3.05) is 13.2 Å². The molecular formula is C14H23F3O2. The fraction of sp³-hybridized carbons (Fsp3) is 1.00. The Labute approximate surface area is 112 Å². The van der Waals surface area contributed by atoms with Crippen LogP contribution < -0.4 is 0 Å². The maximum Gasteiger partial charge on any atom is 0.391 e. The van der Waals surface area contributed by atoms with Crippen LogP contribution in [-0.2, 0) is 4.74 Å². The molecule has 0 spiro atoms. The first-order valence-corrected chi connectivity index (χ1v) is 7.29. The quantitative estimate of drug-likeness (QED) is 0.857. The van der Waals surface area contributed by atoms with Crippen molar-refractivity contribution >= 4 is 0 Å². The normalized spacial score (nSPS) is 32.2. The molecule has 2 fully saturated rings. The van der Waals surface area contributed by atoms with Gasteiger partial charge in [0, 0.05) is 13.2 Å². The Balaban J connectivity index is 1.82. The Morgan fingerprint density at radius 2 is 1.79 bits per heavy atom. The minimum atomic E-state index is -4.10. The number of alkyl halides is 3. The number of hydrogen-bond donors (Lipinski definition) is 1. The molecule has 2 rings (SSSR count). The first-order valence-electron chi connectivity index (χ1n) is 7.29. The monoisotopic (exact) mass is 280 g/mol. The molecule has 3 unspecified atom stereocenters. The Hall–Kier alpha value is -0.290. The van der Waals surface area contributed by atoms with Gasteiger partial charge in [0.15, 0.2) is 0 Å². The van der Waals surface area contributed by atoms with E-state index in [9.17, 15) is 18.3 Å². The first kappa shape index (κ1) is 15.1. The van der Waals surface area contributed by atoms with E-state index in [4.69, 9.17) is 4.74 Å². The Kier molecular flexibility index (Phi) is 5.12. The summed E-state index contributed by atoms with van der Waals surface area (Å²) in [5, 5.41) is 10.2. The summed E-state index contributed by atoms with van der Waals surface area (Å²) in [5.74, 6) is -0.978. The third-order valence-electron chi connectivity index (χ3n) is 4.64. The molecule has 1 saturated carbocycles. The van der Waals surface area contributed by atoms with Gasteiger partial charge in [0.25, 0.3) is 0 Å². The predicted octanol–water partition coefficient (Wildman–Crippen LogP) is 3.53. The van der Waals surface area contributed by atoms with Crippen molar-refractivity contribution in [3.63, 3.8) is 0 Å². The summed E-state index contributed by atoms with van der Waals surface area (Å²) in [5.41, 5.74) is 0. The van der Waals surface area contributed by atoms with Crippen molar-refractivity contribution in [3.05, 3.63) is 0 Å². The Bertz CT molecular complexity index is 274. The average Bonchev–Trinajstić information content (AvgIpc) is 2.39. The summed E-state index contributed by atoms with van der Waals surface area (Å²) in [4.78, 5) is 0. The molecule has 1 aliphatic heterocycles. The van der Waals surface area contributed by atoms with Gasteiger partial charge in [-0.25, -0.2) is 0 Å². The van der Waals surface area contributed by atoms with Gasteiger partial charge in [-0.2, -0.15) is 13.2 Å². The van der Waals surface area contributed by atoms with Crippen LogP contribution in [0, 0.1) is 17.8 Å². The van der Waals surface area contributed by atoms with Crippen molar-refractivity contribution in [3.8, 4) is 0 Å². The van der Waals surface area contributed by atoms with Crippen molar-refractivity contribution in [2.45, 2.75) is 57.2 Å². The van der Waals surface area contributed by atoms with Gasteiger partial charge in [0.05, 0.1) is 12.0 Å². The maximum atomic E-state index is 12.7. The Morgan fingerprint density at radius 3 is 2.42 bits per heavy atom. The molecule has 5 heteroatoms. The molecule has 1 aliphatic carbocycles. The van der Waals surface area contributed by atoms with Crippen LogP contribution in [0.5, 0.6) is 0 Å². The third kappa shape index (κ3) is 4.35. The van der Waals surface area contributed by atoms with E-state index in [0.717, 1.165) is 19.3 Å². The van der Waals surface area contributed by atoms with Crippen LogP contribution in [0.2, 0.25) is 0 Å². The number of hydrogen-bond acceptors (Lipinski definition) is 2. The van der Waals surface area contributed by atoms with E-state index in [-0.39, 0.29) is 18.8 Å². The summed E-state index contributed by atoms with van der Waals surface area (Å²) < 4.78 is 43.5. The molecule has 0 aromatic heterocycles. The minimum Gasteiger partial charge on any atom is -0.393 e. The Morgan fingerprint density at radius 1 is 1.11 bits per heavy atom. The summed E-state index contributed by atoms with van der Waals surface area (Å²) in [6.45, 7) is 1.43. The highest BCUT2D eigenvalue weighted by molar-refractivity contribution is 4.83. The fourth-order valence-corrected chi connectivity index (χ4v) is 3.39. The van der Waals surface area contributed by atoms with E-state index in [1.54, 1.807) is 0 Å². The van der Waals surface area contributed by atoms with Crippen LogP contribution in [0.3, 0.4) is 0 Å². The number of halogens is 3. The molecule has 0 aromatic carbocycles. The molecule has 112 valence electrons. The van der Waals surface area contributed by atoms with Crippen molar-refractivity contribution < 1.29 is 23.0 Å². The second-order valence-electron chi connectivity index (χ2n) is 6.02. The average molecular weight is 280 g/mol. The highest BCUT2D eigenvalue weighted by atomic mass is 19.4. The van der Waals surface area contributed by atoms with Crippen LogP contribution in [0.15, 0.2) is 0 Å². The highest BCUT2D eigenvalue weighted by Gasteiger charge is 2.43. The lowest BCUT2D eigenvalue weighted by Crippen LogP contribution is -2.35. The zero-order valence-corrected chi connectivity index (χ0v) is 11.2. The van der Waals surface area contributed by atoms with Gasteiger partial charge in [-0.3, -0.25) is 0 Å². The van der Waals surface area contributed by atoms with E-state index in [1.807, 2.05) is 0 Å². The lowest BCUT2D eigenvalue weighted by atomic mass is 9.76. The van der Waals surface area contributed by atoms with E-state index in [0.29, 0.717) is 32.0 Å². The van der Waals surface area contributed by atoms with Gasteiger partial charge in [-0.1, -0.05) is 6.42 Å². The lowest BCUT2D eigenvalue weighted by molar-refractivity contribution is -0.189. The second-order valence-corrected chi connectivity index (χ2v) is 6.02. The van der Waals surface area contributed by atoms with Gasteiger partial charge in [-0.15, -0.1) is 0 Å². The summed E-state index contributed by atoms with van der Waals surface area (Å²) in [6.07, 6.45) is -0.545. The van der Waals surface area contributed by atoms with Gasteiger partial charge < -0.3 is 9.84 Å². The number of rotatable bonds is 3. The fourth-order valence-electron chi connectivity index (χ4n) is 3.39. The summed E-state index contributed by atoms with van der Waals surface area (Å²) in [6, 6.07) is 0. The molecule has 1 N–H and O–H groups in total. The highest BCUT2D eigenvalue weighted by Crippen LogP contribution is 2.42. The molecule has 0 radical (unpaired) electrons. The van der Waals surface area contributed by atoms with E-state index < -0.39 is 18.2 Å². The molecule has 19 heavy (non-hydrogen) atoms. The van der Waals surface area contributed by atoms with Crippen LogP contribution in [-0.4, -0.2) is 30.6 Å². The maximum absolute atomic E-state index is 12.7. The van der Waals surface area contributed by atoms with Crippen LogP contribution >= 0.6 is 0 Å². The molecule has 0 aromatic rings. The topological polar surface area (TPSA) is 29.5 Å². The zero-order chi connectivity index (χ0) is 13.9. The number of aliphatic hydroxyl groups is 1. The van der Waals surface area contributed by atoms with Gasteiger partial charge >= 0.3 is 6.18 Å². The van der Waals surface area contributed by atoms with E-state index >= 15 is 0 Å². The third-order valence-corrected chi connectivity index (χ3v) is 4.64. The predicted molar refractivity (Wildman–Crippen MR) is 65.7 cm³/mol. The lowest BCUT2D eigenvalue weighted by Gasteiger charge is -2.35. The minimum absolute atomic E-state index is 0.105. The molecule has 0 bridgehead atoms. The molecule has 2 aliphatic rings. The largest absolute Gasteiger partial charge is 0.393 e. The van der Waals surface area contributed by atoms with Crippen LogP contribution in [0.25, 0.3) is 0 Å². The molecule has 0 amide bonds. The molecule has 2 nitrogen and oxygen atoms in total. The summed E-state index contributed by atoms with van der Waals surface area (Å²) in [7, 11) is 0. The molecule has 1 saturated heterocycles. The smallest absolute Gasteiger partial charge is 0.391 e. The van der Waals surface area contributed by atoms with Crippen molar-refractivity contribution in [1.29, 1.82) is 0 Å². The van der Waals surface area contributed by atoms with E-state index in [1.165, 1.54) is 0 Å².